The molecule has 0 aromatic heterocycles. The largest absolute Gasteiger partial charge is 0.481 e. The molecule has 0 aromatic rings. The van der Waals surface area contributed by atoms with Crippen LogP contribution in [0.4, 0.5) is 0 Å². The van der Waals surface area contributed by atoms with E-state index in [9.17, 15) is 19.2 Å². The second-order valence-electron chi connectivity index (χ2n) is 3.56. The molecule has 1 fully saturated rings. The Morgan fingerprint density at radius 3 is 1.40 bits per heavy atom. The highest BCUT2D eigenvalue weighted by Gasteiger charge is 2.15. The molecular formula is C11H19NO8. The van der Waals surface area contributed by atoms with E-state index in [-0.39, 0.29) is 44.3 Å². The highest BCUT2D eigenvalue weighted by atomic mass is 16.4. The SMILES string of the molecule is O=C(O)CCCC(=O)O.O=C1CCC(=O)N1.OCCO. The maximum absolute atomic E-state index is 10.1. The Morgan fingerprint density at radius 2 is 1.25 bits per heavy atom. The first-order chi connectivity index (χ1) is 9.33. The molecule has 1 saturated heterocycles. The quantitative estimate of drug-likeness (QED) is 0.391. The summed E-state index contributed by atoms with van der Waals surface area (Å²) >= 11 is 0. The number of carbonyl (C=O) groups is 4. The maximum Gasteiger partial charge on any atom is 0.303 e. The van der Waals surface area contributed by atoms with Gasteiger partial charge in [0.05, 0.1) is 13.2 Å². The summed E-state index contributed by atoms with van der Waals surface area (Å²) in [5.41, 5.74) is 0. The van der Waals surface area contributed by atoms with E-state index < -0.39 is 11.9 Å². The van der Waals surface area contributed by atoms with Crippen molar-refractivity contribution in [2.45, 2.75) is 32.1 Å². The van der Waals surface area contributed by atoms with E-state index in [2.05, 4.69) is 5.32 Å². The molecule has 0 aliphatic carbocycles. The third-order valence-corrected chi connectivity index (χ3v) is 1.74. The van der Waals surface area contributed by atoms with E-state index in [1.807, 2.05) is 0 Å². The molecule has 1 rings (SSSR count). The van der Waals surface area contributed by atoms with E-state index in [1.54, 1.807) is 0 Å². The van der Waals surface area contributed by atoms with Crippen molar-refractivity contribution in [2.24, 2.45) is 0 Å². The van der Waals surface area contributed by atoms with Crippen molar-refractivity contribution in [1.82, 2.24) is 5.32 Å². The summed E-state index contributed by atoms with van der Waals surface area (Å²) in [6.07, 6.45) is 0.834. The molecule has 0 unspecified atom stereocenters. The molecule has 5 N–H and O–H groups in total. The van der Waals surface area contributed by atoms with E-state index in [4.69, 9.17) is 20.4 Å². The van der Waals surface area contributed by atoms with Gasteiger partial charge in [-0.25, -0.2) is 0 Å². The van der Waals surface area contributed by atoms with Gasteiger partial charge in [-0.2, -0.15) is 0 Å². The van der Waals surface area contributed by atoms with Gasteiger partial charge < -0.3 is 20.4 Å². The lowest BCUT2D eigenvalue weighted by Gasteiger charge is -1.89. The van der Waals surface area contributed by atoms with E-state index in [0.29, 0.717) is 12.8 Å². The third-order valence-electron chi connectivity index (χ3n) is 1.74. The molecule has 0 aromatic carbocycles. The molecule has 116 valence electrons. The van der Waals surface area contributed by atoms with Gasteiger partial charge in [0.15, 0.2) is 0 Å². The average molecular weight is 293 g/mol. The first-order valence-corrected chi connectivity index (χ1v) is 5.81. The fraction of sp³-hybridized carbons (Fsp3) is 0.636. The van der Waals surface area contributed by atoms with Crippen LogP contribution in [-0.4, -0.2) is 57.4 Å². The Kier molecular flexibility index (Phi) is 13.6. The minimum Gasteiger partial charge on any atom is -0.481 e. The molecule has 2 amide bonds. The minimum atomic E-state index is -0.948. The Hall–Kier alpha value is -2.00. The summed E-state index contributed by atoms with van der Waals surface area (Å²) in [7, 11) is 0. The van der Waals surface area contributed by atoms with Crippen LogP contribution in [0, 0.1) is 0 Å². The first kappa shape index (κ1) is 20.3. The number of rotatable bonds is 5. The van der Waals surface area contributed by atoms with Gasteiger partial charge >= 0.3 is 11.9 Å². The molecule has 20 heavy (non-hydrogen) atoms. The van der Waals surface area contributed by atoms with Crippen molar-refractivity contribution in [3.8, 4) is 0 Å². The number of carboxylic acids is 2. The molecule has 0 spiro atoms. The van der Waals surface area contributed by atoms with Crippen LogP contribution < -0.4 is 5.32 Å². The van der Waals surface area contributed by atoms with Gasteiger partial charge in [0.1, 0.15) is 0 Å². The smallest absolute Gasteiger partial charge is 0.303 e. The molecule has 0 radical (unpaired) electrons. The molecule has 9 nitrogen and oxygen atoms in total. The molecular weight excluding hydrogens is 274 g/mol. The predicted octanol–water partition coefficient (Wildman–Crippen LogP) is -1.28. The summed E-state index contributed by atoms with van der Waals surface area (Å²) in [5, 5.41) is 33.5. The zero-order valence-electron chi connectivity index (χ0n) is 10.9. The van der Waals surface area contributed by atoms with Crippen LogP contribution in [0.2, 0.25) is 0 Å². The fourth-order valence-electron chi connectivity index (χ4n) is 0.898. The Labute approximate surface area is 115 Å². The highest BCUT2D eigenvalue weighted by molar-refractivity contribution is 6.01. The summed E-state index contributed by atoms with van der Waals surface area (Å²) in [4.78, 5) is 39.8. The van der Waals surface area contributed by atoms with Crippen molar-refractivity contribution in [2.75, 3.05) is 13.2 Å². The van der Waals surface area contributed by atoms with Crippen LogP contribution in [0.15, 0.2) is 0 Å². The zero-order valence-corrected chi connectivity index (χ0v) is 10.9. The molecule has 1 aliphatic rings. The lowest BCUT2D eigenvalue weighted by atomic mass is 10.2. The lowest BCUT2D eigenvalue weighted by Crippen LogP contribution is -2.18. The first-order valence-electron chi connectivity index (χ1n) is 5.81. The average Bonchev–Trinajstić information content (AvgIpc) is 2.73. The van der Waals surface area contributed by atoms with E-state index in [1.165, 1.54) is 0 Å². The van der Waals surface area contributed by atoms with Gasteiger partial charge in [-0.3, -0.25) is 24.5 Å². The van der Waals surface area contributed by atoms with Gasteiger partial charge in [-0.1, -0.05) is 0 Å². The van der Waals surface area contributed by atoms with Crippen molar-refractivity contribution < 1.29 is 39.6 Å². The highest BCUT2D eigenvalue weighted by Crippen LogP contribution is 1.96. The molecule has 9 heteroatoms. The topological polar surface area (TPSA) is 161 Å². The summed E-state index contributed by atoms with van der Waals surface area (Å²) in [6, 6.07) is 0. The lowest BCUT2D eigenvalue weighted by molar-refractivity contribution is -0.138. The standard InChI is InChI=1S/C5H8O4.C4H5NO2.C2H6O2/c6-4(7)2-1-3-5(8)9;6-3-1-2-4(7)5-3;3-1-2-4/h1-3H2,(H,6,7)(H,8,9);1-2H2,(H,5,6,7);3-4H,1-2H2. The maximum atomic E-state index is 10.1. The second kappa shape index (κ2) is 13.4. The van der Waals surface area contributed by atoms with Gasteiger partial charge in [0.25, 0.3) is 0 Å². The van der Waals surface area contributed by atoms with Crippen LogP contribution in [0.25, 0.3) is 0 Å². The van der Waals surface area contributed by atoms with Crippen molar-refractivity contribution in [3.05, 3.63) is 0 Å². The van der Waals surface area contributed by atoms with Gasteiger partial charge in [-0.05, 0) is 6.42 Å². The van der Waals surface area contributed by atoms with Crippen molar-refractivity contribution in [3.63, 3.8) is 0 Å². The third kappa shape index (κ3) is 18.4. The van der Waals surface area contributed by atoms with Crippen LogP contribution in [-0.2, 0) is 19.2 Å². The number of aliphatic hydroxyl groups excluding tert-OH is 2. The zero-order chi connectivity index (χ0) is 16.0. The molecule has 0 saturated carbocycles. The summed E-state index contributed by atoms with van der Waals surface area (Å²) in [5.74, 6) is -2.19. The summed E-state index contributed by atoms with van der Waals surface area (Å²) in [6.45, 7) is -0.250. The Bertz CT molecular complexity index is 298. The minimum absolute atomic E-state index is 0.0632. The number of carbonyl (C=O) groups excluding carboxylic acids is 2. The molecule has 1 aliphatic heterocycles. The predicted molar refractivity (Wildman–Crippen MR) is 65.7 cm³/mol. The Morgan fingerprint density at radius 1 is 0.900 bits per heavy atom. The molecule has 0 bridgehead atoms. The van der Waals surface area contributed by atoms with E-state index >= 15 is 0 Å². The van der Waals surface area contributed by atoms with Crippen LogP contribution in [0.1, 0.15) is 32.1 Å². The monoisotopic (exact) mass is 293 g/mol. The number of carboxylic acid groups (broad SMARTS) is 2. The van der Waals surface area contributed by atoms with Crippen LogP contribution >= 0.6 is 0 Å². The van der Waals surface area contributed by atoms with Crippen LogP contribution in [0.3, 0.4) is 0 Å². The van der Waals surface area contributed by atoms with E-state index in [0.717, 1.165) is 0 Å². The Balaban J connectivity index is 0. The number of nitrogens with one attached hydrogen (secondary N) is 1. The number of imide groups is 1. The fourth-order valence-corrected chi connectivity index (χ4v) is 0.898. The number of hydrogen-bond donors (Lipinski definition) is 5. The van der Waals surface area contributed by atoms with Gasteiger partial charge in [0, 0.05) is 25.7 Å². The number of aliphatic carboxylic acids is 2. The number of aliphatic hydroxyl groups is 2. The molecule has 1 heterocycles. The second-order valence-corrected chi connectivity index (χ2v) is 3.56. The van der Waals surface area contributed by atoms with Crippen LogP contribution in [0.5, 0.6) is 0 Å². The number of amides is 2. The molecule has 0 atom stereocenters. The van der Waals surface area contributed by atoms with Gasteiger partial charge in [-0.15, -0.1) is 0 Å². The van der Waals surface area contributed by atoms with Crippen molar-refractivity contribution >= 4 is 23.8 Å². The summed E-state index contributed by atoms with van der Waals surface area (Å²) < 4.78 is 0. The van der Waals surface area contributed by atoms with Gasteiger partial charge in [0.2, 0.25) is 11.8 Å². The van der Waals surface area contributed by atoms with Crippen molar-refractivity contribution in [1.29, 1.82) is 0 Å². The number of hydrogen-bond acceptors (Lipinski definition) is 6. The normalized spacial score (nSPS) is 12.5.